The van der Waals surface area contributed by atoms with Crippen molar-refractivity contribution in [1.29, 1.82) is 0 Å². The van der Waals surface area contributed by atoms with Gasteiger partial charge in [-0.2, -0.15) is 0 Å². The zero-order valence-corrected chi connectivity index (χ0v) is 18.7. The van der Waals surface area contributed by atoms with E-state index in [0.717, 1.165) is 17.4 Å². The molecule has 0 bridgehead atoms. The van der Waals surface area contributed by atoms with Gasteiger partial charge < -0.3 is 19.2 Å². The van der Waals surface area contributed by atoms with E-state index in [1.54, 1.807) is 32.2 Å². The number of furan rings is 1. The fraction of sp³-hybridized carbons (Fsp3) is 0.360. The summed E-state index contributed by atoms with van der Waals surface area (Å²) in [6.07, 6.45) is 1.02. The molecule has 0 saturated carbocycles. The summed E-state index contributed by atoms with van der Waals surface area (Å²) in [6, 6.07) is 13.3. The molecular formula is C25H29NO5. The van der Waals surface area contributed by atoms with Crippen LogP contribution in [0.4, 0.5) is 0 Å². The number of ether oxygens (including phenoxy) is 2. The van der Waals surface area contributed by atoms with Crippen molar-refractivity contribution in [1.82, 2.24) is 5.32 Å². The molecule has 0 spiro atoms. The molecule has 0 radical (unpaired) electrons. The SMILES string of the molecule is COc1ccc2oc(C(=O)OCC(=O)N[C@@H](C)c3ccc(CC(C)C)cc3)c(C)c2c1. The third kappa shape index (κ3) is 5.45. The summed E-state index contributed by atoms with van der Waals surface area (Å²) in [5.74, 6) is 0.304. The van der Waals surface area contributed by atoms with Crippen molar-refractivity contribution in [2.75, 3.05) is 13.7 Å². The number of rotatable bonds is 8. The number of carbonyl (C=O) groups excluding carboxylic acids is 2. The van der Waals surface area contributed by atoms with Crippen LogP contribution in [-0.2, 0) is 16.0 Å². The van der Waals surface area contributed by atoms with Crippen LogP contribution in [-0.4, -0.2) is 25.6 Å². The fourth-order valence-electron chi connectivity index (χ4n) is 3.50. The lowest BCUT2D eigenvalue weighted by atomic mass is 10.00. The molecule has 2 aromatic carbocycles. The first-order chi connectivity index (χ1) is 14.8. The molecule has 1 amide bonds. The lowest BCUT2D eigenvalue weighted by Gasteiger charge is -2.15. The van der Waals surface area contributed by atoms with Crippen LogP contribution in [0.1, 0.15) is 54.1 Å². The van der Waals surface area contributed by atoms with Crippen molar-refractivity contribution < 1.29 is 23.5 Å². The van der Waals surface area contributed by atoms with Gasteiger partial charge in [0.2, 0.25) is 5.76 Å². The van der Waals surface area contributed by atoms with E-state index in [1.165, 1.54) is 5.56 Å². The average Bonchev–Trinajstić information content (AvgIpc) is 3.08. The van der Waals surface area contributed by atoms with E-state index >= 15 is 0 Å². The van der Waals surface area contributed by atoms with E-state index in [0.29, 0.717) is 22.8 Å². The normalized spacial score (nSPS) is 12.1. The van der Waals surface area contributed by atoms with Crippen molar-refractivity contribution in [2.24, 2.45) is 5.92 Å². The molecule has 164 valence electrons. The maximum Gasteiger partial charge on any atom is 0.375 e. The number of amides is 1. The highest BCUT2D eigenvalue weighted by Crippen LogP contribution is 2.29. The Kier molecular flexibility index (Phi) is 7.00. The molecule has 6 nitrogen and oxygen atoms in total. The van der Waals surface area contributed by atoms with Crippen LogP contribution in [0, 0.1) is 12.8 Å². The summed E-state index contributed by atoms with van der Waals surface area (Å²) in [5.41, 5.74) is 3.47. The molecule has 0 aliphatic rings. The molecule has 3 rings (SSSR count). The third-order valence-electron chi connectivity index (χ3n) is 5.16. The molecule has 1 N–H and O–H groups in total. The summed E-state index contributed by atoms with van der Waals surface area (Å²) >= 11 is 0. The predicted octanol–water partition coefficient (Wildman–Crippen LogP) is 4.98. The van der Waals surface area contributed by atoms with E-state index in [-0.39, 0.29) is 24.3 Å². The molecule has 1 atom stereocenters. The second kappa shape index (κ2) is 9.69. The van der Waals surface area contributed by atoms with Crippen LogP contribution in [0.15, 0.2) is 46.9 Å². The van der Waals surface area contributed by atoms with Gasteiger partial charge in [0.05, 0.1) is 13.2 Å². The summed E-state index contributed by atoms with van der Waals surface area (Å²) in [7, 11) is 1.57. The summed E-state index contributed by atoms with van der Waals surface area (Å²) in [4.78, 5) is 24.7. The third-order valence-corrected chi connectivity index (χ3v) is 5.16. The van der Waals surface area contributed by atoms with Crippen molar-refractivity contribution in [3.05, 3.63) is 64.9 Å². The number of nitrogens with one attached hydrogen (secondary N) is 1. The molecule has 6 heteroatoms. The molecule has 1 heterocycles. The first-order valence-electron chi connectivity index (χ1n) is 10.4. The Bertz CT molecular complexity index is 1070. The topological polar surface area (TPSA) is 77.8 Å². The van der Waals surface area contributed by atoms with Gasteiger partial charge in [0.1, 0.15) is 11.3 Å². The Morgan fingerprint density at radius 3 is 2.42 bits per heavy atom. The molecule has 1 aromatic heterocycles. The highest BCUT2D eigenvalue weighted by Gasteiger charge is 2.21. The lowest BCUT2D eigenvalue weighted by molar-refractivity contribution is -0.124. The number of esters is 1. The minimum absolute atomic E-state index is 0.0878. The molecule has 3 aromatic rings. The highest BCUT2D eigenvalue weighted by molar-refractivity contribution is 5.97. The van der Waals surface area contributed by atoms with E-state index in [9.17, 15) is 9.59 Å². The van der Waals surface area contributed by atoms with Crippen molar-refractivity contribution in [3.63, 3.8) is 0 Å². The van der Waals surface area contributed by atoms with E-state index in [4.69, 9.17) is 13.9 Å². The number of hydrogen-bond donors (Lipinski definition) is 1. The van der Waals surface area contributed by atoms with E-state index < -0.39 is 5.97 Å². The maximum absolute atomic E-state index is 12.4. The van der Waals surface area contributed by atoms with Gasteiger partial charge in [-0.25, -0.2) is 4.79 Å². The molecular weight excluding hydrogens is 394 g/mol. The van der Waals surface area contributed by atoms with E-state index in [2.05, 4.69) is 31.3 Å². The van der Waals surface area contributed by atoms with Gasteiger partial charge in [0, 0.05) is 10.9 Å². The van der Waals surface area contributed by atoms with Gasteiger partial charge in [-0.15, -0.1) is 0 Å². The highest BCUT2D eigenvalue weighted by atomic mass is 16.5. The van der Waals surface area contributed by atoms with Crippen molar-refractivity contribution in [2.45, 2.75) is 40.2 Å². The number of fused-ring (bicyclic) bond motifs is 1. The number of methoxy groups -OCH3 is 1. The molecule has 0 aliphatic carbocycles. The number of carbonyl (C=O) groups is 2. The van der Waals surface area contributed by atoms with Crippen LogP contribution in [0.2, 0.25) is 0 Å². The Balaban J connectivity index is 1.57. The number of benzene rings is 2. The Labute approximate surface area is 182 Å². The molecule has 0 saturated heterocycles. The van der Waals surface area contributed by atoms with Gasteiger partial charge in [0.15, 0.2) is 6.61 Å². The van der Waals surface area contributed by atoms with Gasteiger partial charge in [0.25, 0.3) is 5.91 Å². The number of hydrogen-bond acceptors (Lipinski definition) is 5. The Hall–Kier alpha value is -3.28. The van der Waals surface area contributed by atoms with Gasteiger partial charge >= 0.3 is 5.97 Å². The maximum atomic E-state index is 12.4. The zero-order chi connectivity index (χ0) is 22.5. The largest absolute Gasteiger partial charge is 0.497 e. The second-order valence-corrected chi connectivity index (χ2v) is 8.12. The zero-order valence-electron chi connectivity index (χ0n) is 18.7. The van der Waals surface area contributed by atoms with Gasteiger partial charge in [-0.05, 0) is 55.5 Å². The summed E-state index contributed by atoms with van der Waals surface area (Å²) in [5, 5.41) is 3.62. The molecule has 0 unspecified atom stereocenters. The summed E-state index contributed by atoms with van der Waals surface area (Å²) < 4.78 is 16.0. The first kappa shape index (κ1) is 22.4. The van der Waals surface area contributed by atoms with Crippen molar-refractivity contribution >= 4 is 22.8 Å². The molecule has 0 aliphatic heterocycles. The molecule has 31 heavy (non-hydrogen) atoms. The first-order valence-corrected chi connectivity index (χ1v) is 10.4. The predicted molar refractivity (Wildman–Crippen MR) is 119 cm³/mol. The average molecular weight is 424 g/mol. The van der Waals surface area contributed by atoms with E-state index in [1.807, 2.05) is 19.1 Å². The molecule has 0 fully saturated rings. The smallest absolute Gasteiger partial charge is 0.375 e. The Morgan fingerprint density at radius 2 is 1.77 bits per heavy atom. The number of aryl methyl sites for hydroxylation is 1. The quantitative estimate of drug-likeness (QED) is 0.517. The van der Waals surface area contributed by atoms with Crippen LogP contribution in [0.5, 0.6) is 5.75 Å². The monoisotopic (exact) mass is 423 g/mol. The van der Waals surface area contributed by atoms with Gasteiger partial charge in [-0.3, -0.25) is 4.79 Å². The lowest BCUT2D eigenvalue weighted by Crippen LogP contribution is -2.31. The van der Waals surface area contributed by atoms with Crippen molar-refractivity contribution in [3.8, 4) is 5.75 Å². The minimum atomic E-state index is -0.673. The van der Waals surface area contributed by atoms with Crippen LogP contribution < -0.4 is 10.1 Å². The Morgan fingerprint density at radius 1 is 1.06 bits per heavy atom. The van der Waals surface area contributed by atoms with Crippen LogP contribution in [0.3, 0.4) is 0 Å². The van der Waals surface area contributed by atoms with Crippen LogP contribution >= 0.6 is 0 Å². The standard InChI is InChI=1S/C25H29NO5/c1-15(2)12-18-6-8-19(9-7-18)17(4)26-23(27)14-30-25(28)24-16(3)21-13-20(29-5)10-11-22(21)31-24/h6-11,13,15,17H,12,14H2,1-5H3,(H,26,27)/t17-/m0/s1. The van der Waals surface area contributed by atoms with Gasteiger partial charge in [-0.1, -0.05) is 38.1 Å². The second-order valence-electron chi connectivity index (χ2n) is 8.12. The summed E-state index contributed by atoms with van der Waals surface area (Å²) in [6.45, 7) is 7.65. The minimum Gasteiger partial charge on any atom is -0.497 e. The fourth-order valence-corrected chi connectivity index (χ4v) is 3.50. The van der Waals surface area contributed by atoms with Crippen LogP contribution in [0.25, 0.3) is 11.0 Å².